The number of hydrogen-bond donors (Lipinski definition) is 0. The van der Waals surface area contributed by atoms with Crippen molar-refractivity contribution in [2.45, 2.75) is 78.6 Å². The molecule has 0 radical (unpaired) electrons. The van der Waals surface area contributed by atoms with Gasteiger partial charge in [0.05, 0.1) is 17.8 Å². The van der Waals surface area contributed by atoms with E-state index in [0.29, 0.717) is 28.3 Å². The second-order valence-electron chi connectivity index (χ2n) is 20.7. The molecule has 1 aliphatic rings. The number of hydrogen-bond acceptors (Lipinski definition) is 4. The number of pyridine rings is 1. The van der Waals surface area contributed by atoms with Crippen molar-refractivity contribution in [3.8, 4) is 50.7 Å². The van der Waals surface area contributed by atoms with E-state index in [1.807, 2.05) is 85.8 Å². The third kappa shape index (κ3) is 9.16. The Hall–Kier alpha value is -7.20. The normalized spacial score (nSPS) is 15.8. The summed E-state index contributed by atoms with van der Waals surface area (Å²) in [4.78, 5) is 8.52. The third-order valence-corrected chi connectivity index (χ3v) is 12.7. The van der Waals surface area contributed by atoms with Crippen molar-refractivity contribution in [2.75, 3.05) is 9.80 Å². The van der Waals surface area contributed by atoms with Crippen LogP contribution in [0.3, 0.4) is 0 Å². The Morgan fingerprint density at radius 2 is 1.15 bits per heavy atom. The maximum atomic E-state index is 9.73. The van der Waals surface area contributed by atoms with Crippen LogP contribution < -0.4 is 14.5 Å². The molecule has 72 heavy (non-hydrogen) atoms. The number of benzene rings is 8. The molecule has 0 amide bonds. The Morgan fingerprint density at radius 1 is 0.528 bits per heavy atom. The Bertz CT molecular complexity index is 4430. The van der Waals surface area contributed by atoms with E-state index in [9.17, 15) is 9.60 Å². The number of fused-ring (bicyclic) bond motifs is 4. The molecule has 0 saturated heterocycles. The second kappa shape index (κ2) is 18.8. The van der Waals surface area contributed by atoms with Crippen LogP contribution in [0.15, 0.2) is 188 Å². The molecule has 3 heterocycles. The smallest absolute Gasteiger partial charge is 0.135 e. The van der Waals surface area contributed by atoms with Crippen LogP contribution in [-0.2, 0) is 37.3 Å². The first kappa shape index (κ1) is 33.4. The van der Waals surface area contributed by atoms with Crippen LogP contribution in [0.25, 0.3) is 61.0 Å². The monoisotopic (exact) mass is 1130 g/mol. The van der Waals surface area contributed by atoms with E-state index < -0.39 is 95.1 Å². The van der Waals surface area contributed by atoms with E-state index in [1.165, 1.54) is 4.57 Å². The zero-order valence-electron chi connectivity index (χ0n) is 56.3. The van der Waals surface area contributed by atoms with Gasteiger partial charge in [-0.05, 0) is 92.3 Å². The standard InChI is InChI=1S/C66H59N4O.Pt/c1-64(2,3)48-34-35-67-62(40-48)70-58-33-30-46(44-20-12-10-13-21-44)38-57(58)56-32-31-53(42-61(56)70)71-52-25-18-24-51(41-52)68-43-69(60-29-17-16-28-59(60)68)63-54(45-22-14-11-15-23-45)26-19-27-55(63)47-36-49(65(4,5)6)39-50(37-47)66(7,8)9;/h10-40,43H,1-9H3;/q-3;/i10D,11D,12D,13D,14D,15D,20D,21D,22D,23D,30D,31D,32D,33D,38D;. The second-order valence-corrected chi connectivity index (χ2v) is 20.7. The van der Waals surface area contributed by atoms with Gasteiger partial charge in [-0.3, -0.25) is 0 Å². The van der Waals surface area contributed by atoms with E-state index in [4.69, 9.17) is 20.7 Å². The van der Waals surface area contributed by atoms with Crippen LogP contribution in [0, 0.1) is 18.8 Å². The molecule has 0 bridgehead atoms. The first-order chi connectivity index (χ1) is 40.3. The van der Waals surface area contributed by atoms with Gasteiger partial charge in [-0.2, -0.15) is 12.1 Å². The minimum atomic E-state index is -0.689. The molecule has 362 valence electrons. The molecule has 5 nitrogen and oxygen atoms in total. The molecule has 0 aliphatic carbocycles. The predicted octanol–water partition coefficient (Wildman–Crippen LogP) is 17.9. The summed E-state index contributed by atoms with van der Waals surface area (Å²) in [7, 11) is 0. The molecule has 0 unspecified atom stereocenters. The Balaban J connectivity index is 0.00000838. The van der Waals surface area contributed by atoms with Crippen molar-refractivity contribution < 1.29 is 46.4 Å². The van der Waals surface area contributed by atoms with E-state index in [2.05, 4.69) is 71.9 Å². The number of anilines is 4. The zero-order valence-corrected chi connectivity index (χ0v) is 43.6. The molecule has 6 heteroatoms. The molecule has 0 spiro atoms. The fraction of sp³-hybridized carbons (Fsp3) is 0.182. The molecular formula is C66H59N4OPt-3. The van der Waals surface area contributed by atoms with Gasteiger partial charge in [0.15, 0.2) is 0 Å². The summed E-state index contributed by atoms with van der Waals surface area (Å²) in [5, 5.41) is -0.141. The van der Waals surface area contributed by atoms with E-state index in [-0.39, 0.29) is 88.7 Å². The minimum absolute atomic E-state index is 0. The molecule has 0 fully saturated rings. The summed E-state index contributed by atoms with van der Waals surface area (Å²) in [5.74, 6) is 0.0894. The van der Waals surface area contributed by atoms with E-state index in [1.54, 1.807) is 30.5 Å². The summed E-state index contributed by atoms with van der Waals surface area (Å²) in [6, 6.07) is 27.0. The van der Waals surface area contributed by atoms with Crippen molar-refractivity contribution in [1.82, 2.24) is 9.55 Å². The average molecular weight is 1130 g/mol. The topological polar surface area (TPSA) is 33.5 Å². The van der Waals surface area contributed by atoms with E-state index >= 15 is 0 Å². The predicted molar refractivity (Wildman–Crippen MR) is 297 cm³/mol. The summed E-state index contributed by atoms with van der Waals surface area (Å²) in [6.07, 6.45) is 1.58. The van der Waals surface area contributed by atoms with Crippen LogP contribution in [-0.4, -0.2) is 9.55 Å². The summed E-state index contributed by atoms with van der Waals surface area (Å²) >= 11 is 0. The van der Waals surface area contributed by atoms with Gasteiger partial charge in [0.1, 0.15) is 5.82 Å². The molecule has 0 saturated carbocycles. The van der Waals surface area contributed by atoms with Gasteiger partial charge < -0.3 is 19.1 Å². The number of rotatable bonds is 8. The maximum Gasteiger partial charge on any atom is 0.135 e. The van der Waals surface area contributed by atoms with Crippen LogP contribution in [0.2, 0.25) is 0 Å². The quantitative estimate of drug-likeness (QED) is 0.142. The molecule has 1 aliphatic heterocycles. The Morgan fingerprint density at radius 3 is 1.82 bits per heavy atom. The molecule has 8 aromatic carbocycles. The number of nitrogens with zero attached hydrogens (tertiary/aromatic N) is 4. The van der Waals surface area contributed by atoms with Crippen LogP contribution >= 0.6 is 0 Å². The van der Waals surface area contributed by atoms with Gasteiger partial charge in [-0.15, -0.1) is 48.1 Å². The van der Waals surface area contributed by atoms with Crippen LogP contribution in [0.1, 0.15) is 99.6 Å². The van der Waals surface area contributed by atoms with Crippen molar-refractivity contribution >= 4 is 44.6 Å². The summed E-state index contributed by atoms with van der Waals surface area (Å²) in [5.41, 5.74) is 5.60. The number of ether oxygens (including phenoxy) is 1. The maximum absolute atomic E-state index is 9.73. The largest absolute Gasteiger partial charge is 0.509 e. The fourth-order valence-electron chi connectivity index (χ4n) is 8.88. The van der Waals surface area contributed by atoms with Crippen molar-refractivity contribution in [1.29, 1.82) is 0 Å². The van der Waals surface area contributed by atoms with Gasteiger partial charge >= 0.3 is 0 Å². The minimum Gasteiger partial charge on any atom is -0.509 e. The van der Waals surface area contributed by atoms with Crippen molar-refractivity contribution in [3.63, 3.8) is 0 Å². The van der Waals surface area contributed by atoms with Gasteiger partial charge in [0.2, 0.25) is 0 Å². The molecule has 11 rings (SSSR count). The molecular weight excluding hydrogens is 1060 g/mol. The third-order valence-electron chi connectivity index (χ3n) is 12.7. The van der Waals surface area contributed by atoms with Gasteiger partial charge in [-0.1, -0.05) is 189 Å². The molecule has 10 aromatic rings. The first-order valence-corrected chi connectivity index (χ1v) is 23.5. The van der Waals surface area contributed by atoms with Gasteiger partial charge in [0, 0.05) is 73.8 Å². The van der Waals surface area contributed by atoms with Crippen molar-refractivity contribution in [2.24, 2.45) is 0 Å². The fourth-order valence-corrected chi connectivity index (χ4v) is 8.88. The first-order valence-electron chi connectivity index (χ1n) is 31.0. The molecule has 0 N–H and O–H groups in total. The Kier molecular flexibility index (Phi) is 8.72. The SMILES string of the molecule is [2H]c1c([2H])c([2H])c(-c2cccc(-c3cc(C(C)(C)C)cc(C(C)(C)C)c3)c2N2[CH-]N(c3[c-]c(Oc4[c-]c5c(c([2H])c4[2H])c4c([2H])c(-c6c([2H])c([2H])c([2H])c([2H])c6[2H])c([2H])c([2H])c4n5-c4cc(C(C)(C)C)ccn4)ccc3)c3ccccc32)c([2H])c1[2H].[Pt]. The molecule has 2 aromatic heterocycles. The molecule has 0 atom stereocenters. The van der Waals surface area contributed by atoms with Crippen LogP contribution in [0.4, 0.5) is 22.7 Å². The van der Waals surface area contributed by atoms with Crippen molar-refractivity contribution in [3.05, 3.63) is 223 Å². The Labute approximate surface area is 461 Å². The average Bonchev–Trinajstić information content (AvgIpc) is 1.60. The number of para-hydroxylation sites is 3. The van der Waals surface area contributed by atoms with E-state index in [0.717, 1.165) is 27.8 Å². The zero-order chi connectivity index (χ0) is 62.3. The van der Waals surface area contributed by atoms with Gasteiger partial charge in [-0.25, -0.2) is 4.98 Å². The van der Waals surface area contributed by atoms with Gasteiger partial charge in [0.25, 0.3) is 0 Å². The summed E-state index contributed by atoms with van der Waals surface area (Å²) < 4.78 is 143. The van der Waals surface area contributed by atoms with Crippen LogP contribution in [0.5, 0.6) is 11.5 Å². The summed E-state index contributed by atoms with van der Waals surface area (Å²) in [6.45, 7) is 20.8. The number of aromatic nitrogens is 2.